The third-order valence-corrected chi connectivity index (χ3v) is 4.84. The number of aromatic nitrogens is 2. The molecule has 0 atom stereocenters. The summed E-state index contributed by atoms with van der Waals surface area (Å²) in [6.07, 6.45) is 1.64. The minimum absolute atomic E-state index is 0.0708. The Morgan fingerprint density at radius 1 is 1.24 bits per heavy atom. The first-order valence-corrected chi connectivity index (χ1v) is 7.62. The standard InChI is InChI=1S/C13H15BClFN2O2S/c1-12(2)13(3,4)20-14(19-12)9-7-18(21-16)11-8(9)5-6-10(15)17-11/h5-7H,1-4H3. The van der Waals surface area contributed by atoms with Gasteiger partial charge in [0.15, 0.2) is 18.0 Å². The van der Waals surface area contributed by atoms with Gasteiger partial charge in [-0.1, -0.05) is 11.6 Å². The summed E-state index contributed by atoms with van der Waals surface area (Å²) in [5.74, 6) is 0. The normalized spacial score (nSPS) is 20.4. The molecule has 1 aliphatic rings. The van der Waals surface area contributed by atoms with Crippen LogP contribution in [-0.2, 0) is 9.31 Å². The van der Waals surface area contributed by atoms with Crippen LogP contribution in [0.1, 0.15) is 27.7 Å². The van der Waals surface area contributed by atoms with E-state index in [1.54, 1.807) is 18.3 Å². The van der Waals surface area contributed by atoms with Gasteiger partial charge in [0.25, 0.3) is 0 Å². The summed E-state index contributed by atoms with van der Waals surface area (Å²) >= 11 is 5.96. The maximum atomic E-state index is 13.1. The van der Waals surface area contributed by atoms with Crippen LogP contribution in [0, 0.1) is 0 Å². The molecule has 4 nitrogen and oxygen atoms in total. The van der Waals surface area contributed by atoms with E-state index in [9.17, 15) is 3.89 Å². The van der Waals surface area contributed by atoms with Crippen molar-refractivity contribution in [1.29, 1.82) is 0 Å². The van der Waals surface area contributed by atoms with Crippen LogP contribution in [0.4, 0.5) is 3.89 Å². The van der Waals surface area contributed by atoms with Gasteiger partial charge >= 0.3 is 7.12 Å². The molecule has 0 radical (unpaired) electrons. The Labute approximate surface area is 132 Å². The summed E-state index contributed by atoms with van der Waals surface area (Å²) in [6, 6.07) is 3.48. The van der Waals surface area contributed by atoms with Gasteiger partial charge in [0, 0.05) is 17.0 Å². The average molecular weight is 329 g/mol. The van der Waals surface area contributed by atoms with Crippen molar-refractivity contribution < 1.29 is 13.2 Å². The van der Waals surface area contributed by atoms with Crippen molar-refractivity contribution in [2.75, 3.05) is 0 Å². The molecule has 2 aromatic heterocycles. The highest BCUT2D eigenvalue weighted by Crippen LogP contribution is 2.37. The van der Waals surface area contributed by atoms with Crippen molar-refractivity contribution in [2.45, 2.75) is 38.9 Å². The fourth-order valence-corrected chi connectivity index (χ4v) is 2.79. The molecule has 0 aliphatic carbocycles. The van der Waals surface area contributed by atoms with Crippen molar-refractivity contribution in [3.05, 3.63) is 23.5 Å². The number of hydrogen-bond donors (Lipinski definition) is 0. The second kappa shape index (κ2) is 4.88. The Morgan fingerprint density at radius 2 is 1.86 bits per heavy atom. The lowest BCUT2D eigenvalue weighted by Crippen LogP contribution is -2.41. The lowest BCUT2D eigenvalue weighted by Gasteiger charge is -2.32. The monoisotopic (exact) mass is 328 g/mol. The van der Waals surface area contributed by atoms with Gasteiger partial charge < -0.3 is 9.31 Å². The second-order valence-electron chi connectivity index (χ2n) is 6.07. The molecule has 1 aliphatic heterocycles. The van der Waals surface area contributed by atoms with Gasteiger partial charge in [0.1, 0.15) is 5.15 Å². The van der Waals surface area contributed by atoms with Gasteiger partial charge in [-0.15, -0.1) is 3.89 Å². The van der Waals surface area contributed by atoms with E-state index in [4.69, 9.17) is 20.9 Å². The summed E-state index contributed by atoms with van der Waals surface area (Å²) in [4.78, 5) is 4.17. The Balaban J connectivity index is 2.10. The summed E-state index contributed by atoms with van der Waals surface area (Å²) in [7, 11) is -0.561. The first kappa shape index (κ1) is 15.2. The first-order valence-electron chi connectivity index (χ1n) is 6.57. The third-order valence-electron chi connectivity index (χ3n) is 4.20. The zero-order valence-electron chi connectivity index (χ0n) is 12.2. The van der Waals surface area contributed by atoms with Crippen molar-refractivity contribution in [3.63, 3.8) is 0 Å². The van der Waals surface area contributed by atoms with Crippen LogP contribution in [0.3, 0.4) is 0 Å². The van der Waals surface area contributed by atoms with Crippen LogP contribution in [0.25, 0.3) is 11.0 Å². The molecule has 0 saturated carbocycles. The van der Waals surface area contributed by atoms with Crippen LogP contribution in [0.2, 0.25) is 5.15 Å². The lowest BCUT2D eigenvalue weighted by atomic mass is 9.79. The second-order valence-corrected chi connectivity index (χ2v) is 6.99. The topological polar surface area (TPSA) is 36.3 Å². The Bertz CT molecular complexity index is 691. The van der Waals surface area contributed by atoms with Gasteiger partial charge in [-0.3, -0.25) is 0 Å². The third kappa shape index (κ3) is 2.36. The van der Waals surface area contributed by atoms with E-state index in [0.717, 1.165) is 10.8 Å². The molecule has 3 heterocycles. The van der Waals surface area contributed by atoms with E-state index in [0.29, 0.717) is 10.8 Å². The first-order chi connectivity index (χ1) is 9.75. The van der Waals surface area contributed by atoms with E-state index in [1.165, 1.54) is 3.97 Å². The van der Waals surface area contributed by atoms with Crippen LogP contribution in [-0.4, -0.2) is 27.3 Å². The Hall–Kier alpha value is -0.755. The van der Waals surface area contributed by atoms with Gasteiger partial charge in [-0.2, -0.15) is 0 Å². The molecule has 2 aromatic rings. The maximum Gasteiger partial charge on any atom is 0.497 e. The van der Waals surface area contributed by atoms with Gasteiger partial charge in [-0.25, -0.2) is 8.96 Å². The minimum Gasteiger partial charge on any atom is -0.399 e. The summed E-state index contributed by atoms with van der Waals surface area (Å²) < 4.78 is 26.5. The van der Waals surface area contributed by atoms with Crippen LogP contribution in [0.5, 0.6) is 0 Å². The molecular formula is C13H15BClFN2O2S. The molecule has 112 valence electrons. The largest absolute Gasteiger partial charge is 0.497 e. The smallest absolute Gasteiger partial charge is 0.399 e. The number of hydrogen-bond acceptors (Lipinski definition) is 4. The van der Waals surface area contributed by atoms with Crippen molar-refractivity contribution >= 4 is 47.5 Å². The van der Waals surface area contributed by atoms with Crippen LogP contribution >= 0.6 is 23.9 Å². The molecule has 0 N–H and O–H groups in total. The average Bonchev–Trinajstić information content (AvgIpc) is 2.84. The van der Waals surface area contributed by atoms with Crippen LogP contribution in [0.15, 0.2) is 18.3 Å². The molecule has 0 spiro atoms. The zero-order chi connectivity index (χ0) is 15.4. The van der Waals surface area contributed by atoms with Crippen molar-refractivity contribution in [3.8, 4) is 0 Å². The maximum absolute atomic E-state index is 13.1. The summed E-state index contributed by atoms with van der Waals surface area (Å²) in [6.45, 7) is 7.91. The predicted molar refractivity (Wildman–Crippen MR) is 84.6 cm³/mol. The van der Waals surface area contributed by atoms with Gasteiger partial charge in [-0.05, 0) is 39.8 Å². The van der Waals surface area contributed by atoms with Crippen molar-refractivity contribution in [1.82, 2.24) is 8.96 Å². The SMILES string of the molecule is CC1(C)OB(c2cn(SF)c3nc(Cl)ccc23)OC1(C)C. The molecule has 0 aromatic carbocycles. The molecule has 0 unspecified atom stereocenters. The fourth-order valence-electron chi connectivity index (χ4n) is 2.29. The van der Waals surface area contributed by atoms with Gasteiger partial charge in [0.2, 0.25) is 0 Å². The van der Waals surface area contributed by atoms with E-state index in [1.807, 2.05) is 27.7 Å². The number of nitrogens with zero attached hydrogens (tertiary/aromatic N) is 2. The van der Waals surface area contributed by atoms with E-state index in [2.05, 4.69) is 4.98 Å². The van der Waals surface area contributed by atoms with Crippen LogP contribution < -0.4 is 5.46 Å². The number of halogens is 2. The molecule has 1 saturated heterocycles. The number of fused-ring (bicyclic) bond motifs is 1. The van der Waals surface area contributed by atoms with E-state index >= 15 is 0 Å². The Kier molecular flexibility index (Phi) is 3.52. The highest BCUT2D eigenvalue weighted by molar-refractivity contribution is 7.92. The molecule has 21 heavy (non-hydrogen) atoms. The molecule has 8 heteroatoms. The van der Waals surface area contributed by atoms with Crippen molar-refractivity contribution in [2.24, 2.45) is 0 Å². The summed E-state index contributed by atoms with van der Waals surface area (Å²) in [5.41, 5.74) is 0.307. The number of pyridine rings is 1. The lowest BCUT2D eigenvalue weighted by molar-refractivity contribution is 0.00578. The quantitative estimate of drug-likeness (QED) is 0.625. The Morgan fingerprint density at radius 3 is 2.43 bits per heavy atom. The summed E-state index contributed by atoms with van der Waals surface area (Å²) in [5, 5.41) is 1.08. The zero-order valence-corrected chi connectivity index (χ0v) is 13.8. The fraction of sp³-hybridized carbons (Fsp3) is 0.462. The molecule has 1 fully saturated rings. The number of rotatable bonds is 2. The van der Waals surface area contributed by atoms with E-state index in [-0.39, 0.29) is 12.3 Å². The molecule has 3 rings (SSSR count). The molecular weight excluding hydrogens is 313 g/mol. The predicted octanol–water partition coefficient (Wildman–Crippen LogP) is 3.37. The highest BCUT2D eigenvalue weighted by atomic mass is 35.5. The van der Waals surface area contributed by atoms with Gasteiger partial charge in [0.05, 0.1) is 11.2 Å². The van der Waals surface area contributed by atoms with E-state index < -0.39 is 18.3 Å². The molecule has 0 amide bonds. The highest BCUT2D eigenvalue weighted by Gasteiger charge is 2.52. The molecule has 0 bridgehead atoms. The minimum atomic E-state index is -0.561.